The number of benzene rings is 1. The van der Waals surface area contributed by atoms with Gasteiger partial charge in [-0.2, -0.15) is 0 Å². The highest BCUT2D eigenvalue weighted by Gasteiger charge is 2.05. The number of unbranched alkanes of at least 4 members (excludes halogenated alkanes) is 1. The van der Waals surface area contributed by atoms with Gasteiger partial charge in [-0.15, -0.1) is 0 Å². The lowest BCUT2D eigenvalue weighted by atomic mass is 10.1. The Morgan fingerprint density at radius 1 is 1.19 bits per heavy atom. The van der Waals surface area contributed by atoms with Gasteiger partial charge >= 0.3 is 0 Å². The van der Waals surface area contributed by atoms with Crippen molar-refractivity contribution < 1.29 is 9.59 Å². The van der Waals surface area contributed by atoms with Crippen LogP contribution in [0, 0.1) is 0 Å². The second kappa shape index (κ2) is 7.77. The summed E-state index contributed by atoms with van der Waals surface area (Å²) in [5, 5.41) is 3.16. The molecule has 1 aromatic carbocycles. The van der Waals surface area contributed by atoms with E-state index in [2.05, 4.69) is 5.32 Å². The Kier molecular flexibility index (Phi) is 6.11. The highest BCUT2D eigenvalue weighted by Crippen LogP contribution is 2.01. The first-order chi connectivity index (χ1) is 7.86. The molecule has 1 N–H and O–H groups in total. The number of hydrogen-bond donors (Lipinski definition) is 1. The zero-order valence-corrected chi connectivity index (χ0v) is 9.26. The predicted molar refractivity (Wildman–Crippen MR) is 63.0 cm³/mol. The Balaban J connectivity index is 2.28. The molecule has 0 spiro atoms. The maximum absolute atomic E-state index is 10.8. The van der Waals surface area contributed by atoms with E-state index in [4.69, 9.17) is 0 Å². The molecule has 86 valence electrons. The quantitative estimate of drug-likeness (QED) is 0.535. The van der Waals surface area contributed by atoms with E-state index in [1.807, 2.05) is 30.3 Å². The van der Waals surface area contributed by atoms with Crippen molar-refractivity contribution in [2.75, 3.05) is 0 Å². The minimum Gasteiger partial charge on any atom is -0.304 e. The van der Waals surface area contributed by atoms with Crippen LogP contribution in [0.2, 0.25) is 0 Å². The third kappa shape index (κ3) is 4.84. The predicted octanol–water partition coefficient (Wildman–Crippen LogP) is 1.71. The first-order valence-corrected chi connectivity index (χ1v) is 5.53. The van der Waals surface area contributed by atoms with E-state index in [-0.39, 0.29) is 6.04 Å². The summed E-state index contributed by atoms with van der Waals surface area (Å²) in [6, 6.07) is 9.78. The summed E-state index contributed by atoms with van der Waals surface area (Å²) in [6.45, 7) is 0.686. The van der Waals surface area contributed by atoms with Crippen LogP contribution in [-0.4, -0.2) is 18.6 Å². The molecule has 0 fully saturated rings. The molecule has 0 radical (unpaired) electrons. The topological polar surface area (TPSA) is 46.2 Å². The maximum atomic E-state index is 10.8. The molecule has 0 aliphatic carbocycles. The lowest BCUT2D eigenvalue weighted by Gasteiger charge is -2.11. The van der Waals surface area contributed by atoms with Gasteiger partial charge in [-0.05, 0) is 18.4 Å². The molecule has 0 heterocycles. The van der Waals surface area contributed by atoms with E-state index < -0.39 is 0 Å². The van der Waals surface area contributed by atoms with E-state index in [1.54, 1.807) is 0 Å². The Morgan fingerprint density at radius 3 is 2.56 bits per heavy atom. The number of nitrogens with one attached hydrogen (secondary N) is 1. The smallest absolute Gasteiger partial charge is 0.136 e. The molecule has 3 heteroatoms. The van der Waals surface area contributed by atoms with Crippen LogP contribution in [0.3, 0.4) is 0 Å². The van der Waals surface area contributed by atoms with E-state index in [1.165, 1.54) is 0 Å². The van der Waals surface area contributed by atoms with Crippen LogP contribution < -0.4 is 5.32 Å². The lowest BCUT2D eigenvalue weighted by molar-refractivity contribution is -0.110. The van der Waals surface area contributed by atoms with E-state index >= 15 is 0 Å². The lowest BCUT2D eigenvalue weighted by Crippen LogP contribution is -2.29. The summed E-state index contributed by atoms with van der Waals surface area (Å²) < 4.78 is 0. The van der Waals surface area contributed by atoms with Gasteiger partial charge in [-0.3, -0.25) is 0 Å². The molecule has 1 aromatic rings. The molecule has 0 aromatic heterocycles. The molecule has 0 aliphatic rings. The van der Waals surface area contributed by atoms with Gasteiger partial charge in [0.1, 0.15) is 12.6 Å². The van der Waals surface area contributed by atoms with Gasteiger partial charge in [-0.1, -0.05) is 30.3 Å². The zero-order chi connectivity index (χ0) is 11.6. The Labute approximate surface area is 95.9 Å². The Bertz CT molecular complexity index is 311. The molecule has 1 rings (SSSR count). The number of hydrogen-bond acceptors (Lipinski definition) is 3. The van der Waals surface area contributed by atoms with Crippen LogP contribution in [-0.2, 0) is 16.1 Å². The van der Waals surface area contributed by atoms with Crippen molar-refractivity contribution in [2.24, 2.45) is 0 Å². The summed E-state index contributed by atoms with van der Waals surface area (Å²) in [5.74, 6) is 0. The summed E-state index contributed by atoms with van der Waals surface area (Å²) in [6.07, 6.45) is 3.80. The third-order valence-corrected chi connectivity index (χ3v) is 2.41. The molecule has 0 aliphatic heterocycles. The van der Waals surface area contributed by atoms with Gasteiger partial charge in [0.2, 0.25) is 0 Å². The molecule has 3 nitrogen and oxygen atoms in total. The van der Waals surface area contributed by atoms with Crippen LogP contribution in [0.25, 0.3) is 0 Å². The van der Waals surface area contributed by atoms with Crippen molar-refractivity contribution >= 4 is 12.6 Å². The number of rotatable bonds is 8. The normalized spacial score (nSPS) is 12.0. The van der Waals surface area contributed by atoms with Crippen LogP contribution in [0.15, 0.2) is 30.3 Å². The molecule has 0 saturated carbocycles. The maximum Gasteiger partial charge on any atom is 0.136 e. The van der Waals surface area contributed by atoms with Crippen molar-refractivity contribution in [3.63, 3.8) is 0 Å². The largest absolute Gasteiger partial charge is 0.304 e. The van der Waals surface area contributed by atoms with Crippen molar-refractivity contribution in [3.8, 4) is 0 Å². The monoisotopic (exact) mass is 219 g/mol. The van der Waals surface area contributed by atoms with Crippen LogP contribution in [0.4, 0.5) is 0 Å². The molecule has 0 amide bonds. The first-order valence-electron chi connectivity index (χ1n) is 5.53. The van der Waals surface area contributed by atoms with Crippen molar-refractivity contribution in [3.05, 3.63) is 35.9 Å². The van der Waals surface area contributed by atoms with Crippen molar-refractivity contribution in [1.82, 2.24) is 5.32 Å². The zero-order valence-electron chi connectivity index (χ0n) is 9.26. The number of aldehydes is 2. The van der Waals surface area contributed by atoms with Crippen molar-refractivity contribution in [2.45, 2.75) is 31.8 Å². The van der Waals surface area contributed by atoms with Gasteiger partial charge in [0, 0.05) is 13.0 Å². The minimum atomic E-state index is -0.153. The fourth-order valence-electron chi connectivity index (χ4n) is 1.48. The third-order valence-electron chi connectivity index (χ3n) is 2.41. The Hall–Kier alpha value is -1.48. The highest BCUT2D eigenvalue weighted by atomic mass is 16.1. The molecule has 0 saturated heterocycles. The van der Waals surface area contributed by atoms with Gasteiger partial charge in [0.25, 0.3) is 0 Å². The van der Waals surface area contributed by atoms with Gasteiger partial charge in [-0.25, -0.2) is 0 Å². The minimum absolute atomic E-state index is 0.153. The molecular formula is C13H17NO2. The van der Waals surface area contributed by atoms with Crippen molar-refractivity contribution in [1.29, 1.82) is 0 Å². The highest BCUT2D eigenvalue weighted by molar-refractivity contribution is 5.57. The summed E-state index contributed by atoms with van der Waals surface area (Å²) in [4.78, 5) is 20.9. The van der Waals surface area contributed by atoms with Crippen LogP contribution >= 0.6 is 0 Å². The second-order valence-electron chi connectivity index (χ2n) is 3.71. The average Bonchev–Trinajstić information content (AvgIpc) is 2.35. The molecular weight excluding hydrogens is 202 g/mol. The first kappa shape index (κ1) is 12.6. The molecule has 16 heavy (non-hydrogen) atoms. The number of carbonyl (C=O) groups is 2. The Morgan fingerprint density at radius 2 is 1.94 bits per heavy atom. The average molecular weight is 219 g/mol. The van der Waals surface area contributed by atoms with Gasteiger partial charge in [0.05, 0.1) is 6.04 Å². The molecule has 1 atom stereocenters. The summed E-state index contributed by atoms with van der Waals surface area (Å²) in [7, 11) is 0. The van der Waals surface area contributed by atoms with Crippen LogP contribution in [0.1, 0.15) is 24.8 Å². The van der Waals surface area contributed by atoms with Gasteiger partial charge < -0.3 is 14.9 Å². The number of carbonyl (C=O) groups excluding carboxylic acids is 2. The second-order valence-corrected chi connectivity index (χ2v) is 3.71. The summed E-state index contributed by atoms with van der Waals surface area (Å²) >= 11 is 0. The van der Waals surface area contributed by atoms with Crippen LogP contribution in [0.5, 0.6) is 0 Å². The molecule has 0 bridgehead atoms. The van der Waals surface area contributed by atoms with Gasteiger partial charge in [0.15, 0.2) is 0 Å². The molecule has 1 unspecified atom stereocenters. The van der Waals surface area contributed by atoms with E-state index in [0.717, 1.165) is 31.0 Å². The van der Waals surface area contributed by atoms with E-state index in [0.29, 0.717) is 13.0 Å². The van der Waals surface area contributed by atoms with E-state index in [9.17, 15) is 9.59 Å². The summed E-state index contributed by atoms with van der Waals surface area (Å²) in [5.41, 5.74) is 1.16. The standard InChI is InChI=1S/C13H17NO2/c15-9-5-4-8-13(11-16)14-10-12-6-2-1-3-7-12/h1-3,6-7,9,11,13-14H,4-5,8,10H2. The SMILES string of the molecule is O=CCCCC(C=O)NCc1ccccc1. The fraction of sp³-hybridized carbons (Fsp3) is 0.385. The fourth-order valence-corrected chi connectivity index (χ4v) is 1.48.